The molecule has 80 heavy (non-hydrogen) atoms. The number of rotatable bonds is 6. The van der Waals surface area contributed by atoms with E-state index < -0.39 is 0 Å². The molecule has 0 bridgehead atoms. The molecule has 0 N–H and O–H groups in total. The summed E-state index contributed by atoms with van der Waals surface area (Å²) in [6.07, 6.45) is 8.75. The van der Waals surface area contributed by atoms with Crippen LogP contribution < -0.4 is 31.1 Å². The number of hydrogen-bond donors (Lipinski definition) is 0. The van der Waals surface area contributed by atoms with Crippen LogP contribution in [0, 0.1) is 12.3 Å². The van der Waals surface area contributed by atoms with Crippen LogP contribution in [0.1, 0.15) is 128 Å². The number of pyridine rings is 1. The van der Waals surface area contributed by atoms with E-state index in [2.05, 4.69) is 261 Å². The molecule has 1 aromatic heterocycles. The monoisotopic (exact) mass is 1040 g/mol. The quantitative estimate of drug-likeness (QED) is 0.155. The van der Waals surface area contributed by atoms with Crippen LogP contribution >= 0.6 is 0 Å². The van der Waals surface area contributed by atoms with Crippen molar-refractivity contribution in [2.75, 3.05) is 14.7 Å². The number of hydrogen-bond acceptors (Lipinski definition) is 4. The molecular weight excluding hydrogens is 968 g/mol. The second kappa shape index (κ2) is 17.9. The molecule has 3 aliphatic heterocycles. The fourth-order valence-corrected chi connectivity index (χ4v) is 15.3. The van der Waals surface area contributed by atoms with Crippen molar-refractivity contribution < 1.29 is 0 Å². The lowest BCUT2D eigenvalue weighted by atomic mass is 9.33. The molecule has 8 aromatic carbocycles. The first kappa shape index (κ1) is 50.6. The molecule has 14 rings (SSSR count). The predicted molar refractivity (Wildman–Crippen MR) is 341 cm³/mol. The Kier molecular flexibility index (Phi) is 11.3. The second-order valence-electron chi connectivity index (χ2n) is 27.6. The SMILES string of the molecule is Cc1cc2c3c(c1)N(c1ccc(C(C)(C)C)cc1-c1ccccc1)c1cc4c(cc1B3c1cc(N3c5ccc(-c6ccccn6)cc5C5(C)CCCCC35C)ccc1N2c1ccc(C(C)(C)C)cc1-c1ccccc1)CC(C)(C)C4. The molecule has 4 nitrogen and oxygen atoms in total. The van der Waals surface area contributed by atoms with Crippen LogP contribution in [0.15, 0.2) is 182 Å². The molecule has 398 valence electrons. The molecule has 0 spiro atoms. The lowest BCUT2D eigenvalue weighted by molar-refractivity contribution is 0.195. The number of aryl methyl sites for hydroxylation is 1. The van der Waals surface area contributed by atoms with E-state index in [0.717, 1.165) is 31.4 Å². The van der Waals surface area contributed by atoms with Gasteiger partial charge >= 0.3 is 0 Å². The van der Waals surface area contributed by atoms with E-state index in [1.165, 1.54) is 136 Å². The minimum Gasteiger partial charge on any atom is -0.334 e. The van der Waals surface area contributed by atoms with Gasteiger partial charge in [-0.2, -0.15) is 0 Å². The maximum atomic E-state index is 4.86. The largest absolute Gasteiger partial charge is 0.334 e. The number of benzene rings is 8. The van der Waals surface area contributed by atoms with E-state index in [0.29, 0.717) is 0 Å². The van der Waals surface area contributed by atoms with Crippen molar-refractivity contribution in [1.29, 1.82) is 0 Å². The van der Waals surface area contributed by atoms with E-state index in [1.54, 1.807) is 0 Å². The van der Waals surface area contributed by atoms with Crippen molar-refractivity contribution >= 4 is 68.6 Å². The van der Waals surface area contributed by atoms with Gasteiger partial charge in [0.1, 0.15) is 0 Å². The van der Waals surface area contributed by atoms with Gasteiger partial charge in [-0.25, -0.2) is 0 Å². The highest BCUT2D eigenvalue weighted by molar-refractivity contribution is 7.00. The van der Waals surface area contributed by atoms with Crippen molar-refractivity contribution in [3.05, 3.63) is 216 Å². The second-order valence-corrected chi connectivity index (χ2v) is 27.6. The maximum absolute atomic E-state index is 4.86. The Morgan fingerprint density at radius 2 is 1.02 bits per heavy atom. The Hall–Kier alpha value is -7.63. The standard InChI is InChI=1S/C75H75BN4/c1-48-38-68-70-69(39-48)79(64-33-29-55(72(5,6)7)44-58(64)50-24-16-13-17-25-50)67-42-53-47-73(8,9)46-52(53)41-60(67)76(70)61-45-56(30-34-66(61)78(68)63-32-28-54(71(2,3)4)43-57(63)49-22-14-12-15-23-49)80-65-31-27-51(62-26-18-21-37-77-62)40-59(65)74(10)35-19-20-36-75(74,80)11/h12-18,21-34,37-45H,19-20,35-36,46-47H2,1-11H3. The number of anilines is 8. The van der Waals surface area contributed by atoms with Crippen molar-refractivity contribution in [2.45, 2.75) is 136 Å². The van der Waals surface area contributed by atoms with Gasteiger partial charge in [-0.15, -0.1) is 0 Å². The predicted octanol–water partition coefficient (Wildman–Crippen LogP) is 17.9. The topological polar surface area (TPSA) is 22.6 Å². The van der Waals surface area contributed by atoms with E-state index in [-0.39, 0.29) is 33.9 Å². The number of aromatic nitrogens is 1. The van der Waals surface area contributed by atoms with Gasteiger partial charge in [-0.1, -0.05) is 166 Å². The fraction of sp³-hybridized carbons (Fsp3) is 0.293. The molecule has 0 radical (unpaired) electrons. The summed E-state index contributed by atoms with van der Waals surface area (Å²) in [6.45, 7) is 26.4. The van der Waals surface area contributed by atoms with Crippen molar-refractivity contribution in [3.63, 3.8) is 0 Å². The summed E-state index contributed by atoms with van der Waals surface area (Å²) < 4.78 is 0. The lowest BCUT2D eigenvalue weighted by Gasteiger charge is -2.50. The molecule has 2 aliphatic carbocycles. The Balaban J connectivity index is 1.08. The highest BCUT2D eigenvalue weighted by atomic mass is 15.3. The van der Waals surface area contributed by atoms with Crippen LogP contribution in [0.5, 0.6) is 0 Å². The van der Waals surface area contributed by atoms with Crippen LogP contribution in [0.3, 0.4) is 0 Å². The molecule has 5 heteroatoms. The molecule has 4 heterocycles. The Morgan fingerprint density at radius 1 is 0.475 bits per heavy atom. The average Bonchev–Trinajstić information content (AvgIpc) is 4.04. The van der Waals surface area contributed by atoms with Crippen LogP contribution in [0.2, 0.25) is 0 Å². The van der Waals surface area contributed by atoms with Crippen LogP contribution in [0.25, 0.3) is 33.5 Å². The van der Waals surface area contributed by atoms with E-state index in [4.69, 9.17) is 4.98 Å². The number of fused-ring (bicyclic) bond motifs is 8. The zero-order valence-electron chi connectivity index (χ0n) is 48.9. The van der Waals surface area contributed by atoms with E-state index in [1.807, 2.05) is 12.3 Å². The fourth-order valence-electron chi connectivity index (χ4n) is 15.3. The zero-order chi connectivity index (χ0) is 55.3. The maximum Gasteiger partial charge on any atom is 0.252 e. The molecular formula is C75H75BN4. The van der Waals surface area contributed by atoms with Gasteiger partial charge in [0.25, 0.3) is 6.71 Å². The normalized spacial score (nSPS) is 19.5. The van der Waals surface area contributed by atoms with Gasteiger partial charge in [0.15, 0.2) is 0 Å². The summed E-state index contributed by atoms with van der Waals surface area (Å²) in [4.78, 5) is 13.0. The summed E-state index contributed by atoms with van der Waals surface area (Å²) in [6, 6.07) is 68.4. The van der Waals surface area contributed by atoms with Gasteiger partial charge in [0, 0.05) is 62.4 Å². The van der Waals surface area contributed by atoms with E-state index >= 15 is 0 Å². The highest BCUT2D eigenvalue weighted by Gasteiger charge is 2.58. The Labute approximate surface area is 476 Å². The van der Waals surface area contributed by atoms with Crippen molar-refractivity contribution in [1.82, 2.24) is 4.98 Å². The molecule has 2 atom stereocenters. The van der Waals surface area contributed by atoms with Gasteiger partial charge in [-0.3, -0.25) is 4.98 Å². The summed E-state index contributed by atoms with van der Waals surface area (Å²) in [5.41, 5.74) is 29.4. The van der Waals surface area contributed by atoms with E-state index in [9.17, 15) is 0 Å². The Morgan fingerprint density at radius 3 is 1.62 bits per heavy atom. The summed E-state index contributed by atoms with van der Waals surface area (Å²) in [5, 5.41) is 0. The first-order valence-corrected chi connectivity index (χ1v) is 29.6. The van der Waals surface area contributed by atoms with Crippen molar-refractivity contribution in [3.8, 4) is 33.5 Å². The minimum atomic E-state index is -0.150. The molecule has 5 aliphatic rings. The molecule has 1 fully saturated rings. The summed E-state index contributed by atoms with van der Waals surface area (Å²) >= 11 is 0. The van der Waals surface area contributed by atoms with Gasteiger partial charge in [0.2, 0.25) is 0 Å². The third-order valence-corrected chi connectivity index (χ3v) is 19.6. The summed E-state index contributed by atoms with van der Waals surface area (Å²) in [5.74, 6) is 0. The first-order valence-electron chi connectivity index (χ1n) is 29.6. The molecule has 2 unspecified atom stereocenters. The summed E-state index contributed by atoms with van der Waals surface area (Å²) in [7, 11) is 0. The highest BCUT2D eigenvalue weighted by Crippen LogP contribution is 2.62. The average molecular weight is 1040 g/mol. The third-order valence-electron chi connectivity index (χ3n) is 19.6. The lowest BCUT2D eigenvalue weighted by Crippen LogP contribution is -2.62. The van der Waals surface area contributed by atoms with Crippen molar-refractivity contribution in [2.24, 2.45) is 5.41 Å². The Bertz CT molecular complexity index is 3960. The third kappa shape index (κ3) is 7.80. The molecule has 0 amide bonds. The molecule has 9 aromatic rings. The number of nitrogens with zero attached hydrogens (tertiary/aromatic N) is 4. The first-order chi connectivity index (χ1) is 38.3. The van der Waals surface area contributed by atoms with Gasteiger partial charge in [-0.05, 0) is 202 Å². The van der Waals surface area contributed by atoms with Crippen LogP contribution in [-0.2, 0) is 29.1 Å². The molecule has 0 saturated heterocycles. The van der Waals surface area contributed by atoms with Crippen LogP contribution in [-0.4, -0.2) is 17.2 Å². The molecule has 1 saturated carbocycles. The zero-order valence-corrected chi connectivity index (χ0v) is 48.9. The smallest absolute Gasteiger partial charge is 0.252 e. The van der Waals surface area contributed by atoms with Gasteiger partial charge in [0.05, 0.1) is 22.6 Å². The van der Waals surface area contributed by atoms with Gasteiger partial charge < -0.3 is 14.7 Å². The minimum absolute atomic E-state index is 0.0356. The van der Waals surface area contributed by atoms with Crippen LogP contribution in [0.4, 0.5) is 45.5 Å².